The summed E-state index contributed by atoms with van der Waals surface area (Å²) < 4.78 is 0. The van der Waals surface area contributed by atoms with Crippen LogP contribution in [0.1, 0.15) is 37.3 Å². The molecule has 0 aliphatic rings. The lowest BCUT2D eigenvalue weighted by Gasteiger charge is -2.26. The number of carbonyl (C=O) groups excluding carboxylic acids is 1. The Hall–Kier alpha value is -2.66. The predicted octanol–water partition coefficient (Wildman–Crippen LogP) is 3.98. The van der Waals surface area contributed by atoms with E-state index in [1.165, 1.54) is 11.1 Å². The van der Waals surface area contributed by atoms with E-state index >= 15 is 0 Å². The Morgan fingerprint density at radius 2 is 1.90 bits per heavy atom. The minimum atomic E-state index is 0.115. The molecular weight excluding hydrogens is 360 g/mol. The van der Waals surface area contributed by atoms with Crippen LogP contribution in [-0.2, 0) is 11.2 Å². The lowest BCUT2D eigenvalue weighted by atomic mass is 9.85. The SMILES string of the molecule is CC(C)[C@@H](CC(=O)NC[C@H](Cc1ccc2[nH]ncc2c1)N(C)C)c1ccccc1. The fraction of sp³-hybridized carbons (Fsp3) is 0.417. The molecule has 0 spiro atoms. The quantitative estimate of drug-likeness (QED) is 0.579. The number of rotatable bonds is 9. The molecule has 1 heterocycles. The number of carbonyl (C=O) groups is 1. The van der Waals surface area contributed by atoms with E-state index < -0.39 is 0 Å². The van der Waals surface area contributed by atoms with E-state index in [0.29, 0.717) is 18.9 Å². The van der Waals surface area contributed by atoms with E-state index in [-0.39, 0.29) is 17.9 Å². The number of nitrogens with zero attached hydrogens (tertiary/aromatic N) is 2. The van der Waals surface area contributed by atoms with Crippen molar-refractivity contribution in [2.24, 2.45) is 5.92 Å². The van der Waals surface area contributed by atoms with Gasteiger partial charge in [0.25, 0.3) is 0 Å². The van der Waals surface area contributed by atoms with Crippen LogP contribution >= 0.6 is 0 Å². The second kappa shape index (κ2) is 9.70. The Balaban J connectivity index is 1.59. The van der Waals surface area contributed by atoms with Gasteiger partial charge >= 0.3 is 0 Å². The molecule has 5 nitrogen and oxygen atoms in total. The van der Waals surface area contributed by atoms with Gasteiger partial charge in [-0.2, -0.15) is 5.10 Å². The summed E-state index contributed by atoms with van der Waals surface area (Å²) in [7, 11) is 4.13. The minimum Gasteiger partial charge on any atom is -0.355 e. The molecule has 5 heteroatoms. The molecule has 1 amide bonds. The summed E-state index contributed by atoms with van der Waals surface area (Å²) in [4.78, 5) is 14.9. The maximum atomic E-state index is 12.7. The van der Waals surface area contributed by atoms with Crippen molar-refractivity contribution in [1.82, 2.24) is 20.4 Å². The average molecular weight is 393 g/mol. The third-order valence-corrected chi connectivity index (χ3v) is 5.68. The second-order valence-electron chi connectivity index (χ2n) is 8.38. The Kier molecular flexibility index (Phi) is 7.04. The molecule has 3 aromatic rings. The highest BCUT2D eigenvalue weighted by Gasteiger charge is 2.21. The highest BCUT2D eigenvalue weighted by Crippen LogP contribution is 2.27. The third kappa shape index (κ3) is 5.67. The van der Waals surface area contributed by atoms with Gasteiger partial charge in [-0.1, -0.05) is 50.2 Å². The van der Waals surface area contributed by atoms with Gasteiger partial charge in [0.2, 0.25) is 5.91 Å². The maximum Gasteiger partial charge on any atom is 0.220 e. The van der Waals surface area contributed by atoms with Gasteiger partial charge in [0, 0.05) is 24.4 Å². The third-order valence-electron chi connectivity index (χ3n) is 5.68. The van der Waals surface area contributed by atoms with E-state index in [1.807, 2.05) is 24.4 Å². The number of H-pyrrole nitrogens is 1. The van der Waals surface area contributed by atoms with Gasteiger partial charge in [-0.25, -0.2) is 0 Å². The number of aromatic nitrogens is 2. The summed E-state index contributed by atoms with van der Waals surface area (Å²) in [5.41, 5.74) is 3.52. The lowest BCUT2D eigenvalue weighted by molar-refractivity contribution is -0.121. The van der Waals surface area contributed by atoms with Gasteiger partial charge < -0.3 is 10.2 Å². The van der Waals surface area contributed by atoms with E-state index in [4.69, 9.17) is 0 Å². The van der Waals surface area contributed by atoms with Crippen LogP contribution in [0, 0.1) is 5.92 Å². The van der Waals surface area contributed by atoms with Crippen molar-refractivity contribution in [2.45, 2.75) is 38.6 Å². The first-order valence-corrected chi connectivity index (χ1v) is 10.3. The highest BCUT2D eigenvalue weighted by molar-refractivity contribution is 5.78. The molecule has 3 rings (SSSR count). The Bertz CT molecular complexity index is 917. The van der Waals surface area contributed by atoms with Crippen LogP contribution in [0.3, 0.4) is 0 Å². The molecule has 0 saturated carbocycles. The smallest absolute Gasteiger partial charge is 0.220 e. The second-order valence-corrected chi connectivity index (χ2v) is 8.38. The number of hydrogen-bond donors (Lipinski definition) is 2. The number of aromatic amines is 1. The fourth-order valence-corrected chi connectivity index (χ4v) is 3.77. The summed E-state index contributed by atoms with van der Waals surface area (Å²) in [6.45, 7) is 4.99. The predicted molar refractivity (Wildman–Crippen MR) is 119 cm³/mol. The van der Waals surface area contributed by atoms with Crippen molar-refractivity contribution < 1.29 is 4.79 Å². The molecule has 0 unspecified atom stereocenters. The van der Waals surface area contributed by atoms with E-state index in [2.05, 4.69) is 78.7 Å². The molecule has 2 aromatic carbocycles. The molecule has 0 bridgehead atoms. The Labute approximate surface area is 173 Å². The standard InChI is InChI=1S/C24H32N4O/c1-17(2)22(19-8-6-5-7-9-19)14-24(29)25-16-21(28(3)4)13-18-10-11-23-20(12-18)15-26-27-23/h5-12,15,17,21-22H,13-14,16H2,1-4H3,(H,25,29)(H,26,27)/t21-,22+/m0/s1. The molecule has 0 saturated heterocycles. The normalized spacial score (nSPS) is 13.7. The average Bonchev–Trinajstić information content (AvgIpc) is 3.17. The molecule has 1 aromatic heterocycles. The zero-order chi connectivity index (χ0) is 20.8. The topological polar surface area (TPSA) is 61.0 Å². The molecule has 0 aliphatic carbocycles. The number of benzene rings is 2. The number of amides is 1. The number of nitrogens with one attached hydrogen (secondary N) is 2. The van der Waals surface area contributed by atoms with Crippen molar-refractivity contribution in [3.8, 4) is 0 Å². The van der Waals surface area contributed by atoms with Gasteiger partial charge in [-0.15, -0.1) is 0 Å². The molecular formula is C24H32N4O. The summed E-state index contributed by atoms with van der Waals surface area (Å²) in [5.74, 6) is 0.761. The number of likely N-dealkylation sites (N-methyl/N-ethyl adjacent to an activating group) is 1. The fourth-order valence-electron chi connectivity index (χ4n) is 3.77. The van der Waals surface area contributed by atoms with Crippen LogP contribution < -0.4 is 5.32 Å². The van der Waals surface area contributed by atoms with Gasteiger partial charge in [-0.05, 0) is 55.6 Å². The van der Waals surface area contributed by atoms with Gasteiger partial charge in [-0.3, -0.25) is 9.89 Å². The number of fused-ring (bicyclic) bond motifs is 1. The molecule has 0 fully saturated rings. The molecule has 2 N–H and O–H groups in total. The van der Waals surface area contributed by atoms with Crippen molar-refractivity contribution in [3.63, 3.8) is 0 Å². The summed E-state index contributed by atoms with van der Waals surface area (Å²) in [6.07, 6.45) is 3.24. The van der Waals surface area contributed by atoms with Gasteiger partial charge in [0.15, 0.2) is 0 Å². The van der Waals surface area contributed by atoms with Crippen LogP contribution in [0.15, 0.2) is 54.7 Å². The summed E-state index contributed by atoms with van der Waals surface area (Å²) in [5, 5.41) is 11.4. The van der Waals surface area contributed by atoms with Crippen molar-refractivity contribution >= 4 is 16.8 Å². The molecule has 0 aliphatic heterocycles. The minimum absolute atomic E-state index is 0.115. The van der Waals surface area contributed by atoms with Crippen molar-refractivity contribution in [3.05, 3.63) is 65.9 Å². The molecule has 29 heavy (non-hydrogen) atoms. The largest absolute Gasteiger partial charge is 0.355 e. The van der Waals surface area contributed by atoms with Gasteiger partial charge in [0.1, 0.15) is 0 Å². The number of hydrogen-bond acceptors (Lipinski definition) is 3. The highest BCUT2D eigenvalue weighted by atomic mass is 16.1. The first-order valence-electron chi connectivity index (χ1n) is 10.3. The zero-order valence-corrected chi connectivity index (χ0v) is 17.9. The molecule has 2 atom stereocenters. The van der Waals surface area contributed by atoms with Crippen LogP contribution in [-0.4, -0.2) is 47.7 Å². The van der Waals surface area contributed by atoms with Crippen molar-refractivity contribution in [1.29, 1.82) is 0 Å². The first kappa shape index (κ1) is 21.1. The summed E-state index contributed by atoms with van der Waals surface area (Å²) in [6, 6.07) is 16.9. The van der Waals surface area contributed by atoms with E-state index in [1.54, 1.807) is 0 Å². The molecule has 154 valence electrons. The summed E-state index contributed by atoms with van der Waals surface area (Å²) >= 11 is 0. The maximum absolute atomic E-state index is 12.7. The Morgan fingerprint density at radius 1 is 1.14 bits per heavy atom. The van der Waals surface area contributed by atoms with E-state index in [0.717, 1.165) is 17.3 Å². The first-order chi connectivity index (χ1) is 13.9. The lowest BCUT2D eigenvalue weighted by Crippen LogP contribution is -2.42. The monoisotopic (exact) mass is 392 g/mol. The van der Waals surface area contributed by atoms with Crippen LogP contribution in [0.5, 0.6) is 0 Å². The van der Waals surface area contributed by atoms with Crippen LogP contribution in [0.25, 0.3) is 10.9 Å². The van der Waals surface area contributed by atoms with Crippen LogP contribution in [0.2, 0.25) is 0 Å². The Morgan fingerprint density at radius 3 is 2.59 bits per heavy atom. The van der Waals surface area contributed by atoms with E-state index in [9.17, 15) is 4.79 Å². The van der Waals surface area contributed by atoms with Crippen LogP contribution in [0.4, 0.5) is 0 Å². The molecule has 0 radical (unpaired) electrons. The van der Waals surface area contributed by atoms with Crippen molar-refractivity contribution in [2.75, 3.05) is 20.6 Å². The van der Waals surface area contributed by atoms with Gasteiger partial charge in [0.05, 0.1) is 11.7 Å². The zero-order valence-electron chi connectivity index (χ0n) is 17.9.